The van der Waals surface area contributed by atoms with E-state index in [1.54, 1.807) is 30.6 Å². The highest BCUT2D eigenvalue weighted by Crippen LogP contribution is 2.34. The molecule has 5 nitrogen and oxygen atoms in total. The fourth-order valence-corrected chi connectivity index (χ4v) is 3.20. The zero-order valence-corrected chi connectivity index (χ0v) is 13.5. The van der Waals surface area contributed by atoms with E-state index in [1.807, 2.05) is 31.2 Å². The van der Waals surface area contributed by atoms with Gasteiger partial charge in [-0.1, -0.05) is 0 Å². The van der Waals surface area contributed by atoms with E-state index >= 15 is 0 Å². The topological polar surface area (TPSA) is 65.3 Å². The normalized spacial score (nSPS) is 10.5. The van der Waals surface area contributed by atoms with Crippen LogP contribution in [-0.4, -0.2) is 17.0 Å². The highest BCUT2D eigenvalue weighted by molar-refractivity contribution is 7.15. The van der Waals surface area contributed by atoms with E-state index in [9.17, 15) is 10.1 Å². The number of hydrogen-bond acceptors (Lipinski definition) is 5. The summed E-state index contributed by atoms with van der Waals surface area (Å²) in [6.45, 7) is 2.02. The molecular formula is C17H14N2O3S. The number of rotatable bonds is 4. The van der Waals surface area contributed by atoms with Crippen molar-refractivity contribution in [1.29, 1.82) is 0 Å². The van der Waals surface area contributed by atoms with E-state index in [2.05, 4.69) is 4.98 Å². The summed E-state index contributed by atoms with van der Waals surface area (Å²) in [5.74, 6) is 0.803. The standard InChI is InChI=1S/C17H14N2O3S/c1-11-16(12-5-9-15(22-2)10-6-12)18-17(23-11)13-3-7-14(8-4-13)19(20)21/h3-10H,1-2H3. The van der Waals surface area contributed by atoms with Gasteiger partial charge in [0.15, 0.2) is 0 Å². The van der Waals surface area contributed by atoms with Gasteiger partial charge in [0, 0.05) is 28.1 Å². The number of thiazole rings is 1. The molecule has 0 aliphatic heterocycles. The molecule has 0 saturated heterocycles. The number of hydrogen-bond donors (Lipinski definition) is 0. The molecule has 0 aliphatic carbocycles. The number of aromatic nitrogens is 1. The van der Waals surface area contributed by atoms with Gasteiger partial charge >= 0.3 is 0 Å². The maximum atomic E-state index is 10.7. The molecule has 1 aromatic heterocycles. The van der Waals surface area contributed by atoms with E-state index in [-0.39, 0.29) is 5.69 Å². The Labute approximate surface area is 137 Å². The molecule has 1 heterocycles. The quantitative estimate of drug-likeness (QED) is 0.515. The van der Waals surface area contributed by atoms with Gasteiger partial charge in [-0.25, -0.2) is 4.98 Å². The molecule has 0 atom stereocenters. The monoisotopic (exact) mass is 326 g/mol. The van der Waals surface area contributed by atoms with Crippen molar-refractivity contribution in [3.8, 4) is 27.6 Å². The van der Waals surface area contributed by atoms with Crippen molar-refractivity contribution >= 4 is 17.0 Å². The fourth-order valence-electron chi connectivity index (χ4n) is 2.26. The second-order valence-corrected chi connectivity index (χ2v) is 6.16. The van der Waals surface area contributed by atoms with Gasteiger partial charge in [0.1, 0.15) is 10.8 Å². The first-order valence-electron chi connectivity index (χ1n) is 6.95. The number of methoxy groups -OCH3 is 1. The number of aryl methyl sites for hydroxylation is 1. The molecule has 0 N–H and O–H groups in total. The van der Waals surface area contributed by atoms with Gasteiger partial charge in [-0.3, -0.25) is 10.1 Å². The van der Waals surface area contributed by atoms with Gasteiger partial charge in [0.25, 0.3) is 5.69 Å². The average Bonchev–Trinajstić information content (AvgIpc) is 2.97. The summed E-state index contributed by atoms with van der Waals surface area (Å²) in [4.78, 5) is 16.1. The van der Waals surface area contributed by atoms with Crippen molar-refractivity contribution in [3.63, 3.8) is 0 Å². The van der Waals surface area contributed by atoms with Crippen molar-refractivity contribution < 1.29 is 9.66 Å². The summed E-state index contributed by atoms with van der Waals surface area (Å²) in [5, 5.41) is 11.6. The summed E-state index contributed by atoms with van der Waals surface area (Å²) in [7, 11) is 1.63. The molecule has 3 rings (SSSR count). The average molecular weight is 326 g/mol. The Hall–Kier alpha value is -2.73. The van der Waals surface area contributed by atoms with Crippen LogP contribution in [0, 0.1) is 17.0 Å². The Morgan fingerprint density at radius 2 is 1.65 bits per heavy atom. The van der Waals surface area contributed by atoms with Crippen molar-refractivity contribution in [2.75, 3.05) is 7.11 Å². The zero-order valence-electron chi connectivity index (χ0n) is 12.6. The summed E-state index contributed by atoms with van der Waals surface area (Å²) < 4.78 is 5.17. The zero-order chi connectivity index (χ0) is 16.4. The number of benzene rings is 2. The number of non-ortho nitro benzene ring substituents is 1. The van der Waals surface area contributed by atoms with Gasteiger partial charge in [-0.05, 0) is 43.3 Å². The first kappa shape index (κ1) is 15.2. The summed E-state index contributed by atoms with van der Waals surface area (Å²) in [6.07, 6.45) is 0. The van der Waals surface area contributed by atoms with Crippen LogP contribution in [-0.2, 0) is 0 Å². The van der Waals surface area contributed by atoms with E-state index < -0.39 is 4.92 Å². The highest BCUT2D eigenvalue weighted by atomic mass is 32.1. The summed E-state index contributed by atoms with van der Waals surface area (Å²) in [6, 6.07) is 14.2. The maximum absolute atomic E-state index is 10.7. The van der Waals surface area contributed by atoms with Gasteiger partial charge in [0.2, 0.25) is 0 Å². The fraction of sp³-hybridized carbons (Fsp3) is 0.118. The van der Waals surface area contributed by atoms with E-state index in [1.165, 1.54) is 12.1 Å². The Bertz CT molecular complexity index is 839. The maximum Gasteiger partial charge on any atom is 0.269 e. The third kappa shape index (κ3) is 3.07. The molecule has 2 aromatic carbocycles. The molecule has 0 unspecified atom stereocenters. The highest BCUT2D eigenvalue weighted by Gasteiger charge is 2.13. The third-order valence-corrected chi connectivity index (χ3v) is 4.50. The lowest BCUT2D eigenvalue weighted by molar-refractivity contribution is -0.384. The lowest BCUT2D eigenvalue weighted by Gasteiger charge is -2.01. The smallest absolute Gasteiger partial charge is 0.269 e. The molecule has 116 valence electrons. The van der Waals surface area contributed by atoms with Crippen LogP contribution in [0.3, 0.4) is 0 Å². The van der Waals surface area contributed by atoms with Crippen LogP contribution in [0.15, 0.2) is 48.5 Å². The lowest BCUT2D eigenvalue weighted by Crippen LogP contribution is -1.87. The van der Waals surface area contributed by atoms with Crippen LogP contribution in [0.1, 0.15) is 4.88 Å². The molecule has 0 saturated carbocycles. The van der Waals surface area contributed by atoms with E-state index in [0.29, 0.717) is 0 Å². The molecule has 0 bridgehead atoms. The van der Waals surface area contributed by atoms with Crippen LogP contribution in [0.25, 0.3) is 21.8 Å². The predicted octanol–water partition coefficient (Wildman–Crippen LogP) is 4.70. The third-order valence-electron chi connectivity index (χ3n) is 3.49. The van der Waals surface area contributed by atoms with E-state index in [4.69, 9.17) is 4.74 Å². The van der Waals surface area contributed by atoms with Crippen molar-refractivity contribution in [1.82, 2.24) is 4.98 Å². The predicted molar refractivity (Wildman–Crippen MR) is 90.9 cm³/mol. The van der Waals surface area contributed by atoms with Crippen LogP contribution >= 0.6 is 11.3 Å². The Balaban J connectivity index is 1.95. The molecule has 0 spiro atoms. The molecule has 23 heavy (non-hydrogen) atoms. The lowest BCUT2D eigenvalue weighted by atomic mass is 10.1. The van der Waals surface area contributed by atoms with Crippen molar-refractivity contribution in [2.24, 2.45) is 0 Å². The number of nitro groups is 1. The van der Waals surface area contributed by atoms with Gasteiger partial charge in [0.05, 0.1) is 17.7 Å². The Morgan fingerprint density at radius 1 is 1.04 bits per heavy atom. The van der Waals surface area contributed by atoms with Crippen LogP contribution in [0.2, 0.25) is 0 Å². The second kappa shape index (κ2) is 6.18. The van der Waals surface area contributed by atoms with Gasteiger partial charge in [-0.15, -0.1) is 11.3 Å². The van der Waals surface area contributed by atoms with Crippen molar-refractivity contribution in [2.45, 2.75) is 6.92 Å². The van der Waals surface area contributed by atoms with Crippen LogP contribution in [0.4, 0.5) is 5.69 Å². The molecule has 3 aromatic rings. The first-order chi connectivity index (χ1) is 11.1. The number of nitro benzene ring substituents is 1. The summed E-state index contributed by atoms with van der Waals surface area (Å²) in [5.41, 5.74) is 2.90. The van der Waals surface area contributed by atoms with Crippen molar-refractivity contribution in [3.05, 3.63) is 63.5 Å². The second-order valence-electron chi connectivity index (χ2n) is 4.96. The Kier molecular flexibility index (Phi) is 4.08. The van der Waals surface area contributed by atoms with Crippen LogP contribution in [0.5, 0.6) is 5.75 Å². The summed E-state index contributed by atoms with van der Waals surface area (Å²) >= 11 is 1.57. The number of ether oxygens (including phenoxy) is 1. The largest absolute Gasteiger partial charge is 0.497 e. The molecule has 0 aliphatic rings. The molecule has 0 radical (unpaired) electrons. The minimum absolute atomic E-state index is 0.0809. The molecule has 0 fully saturated rings. The molecule has 0 amide bonds. The minimum Gasteiger partial charge on any atom is -0.497 e. The van der Waals surface area contributed by atoms with E-state index in [0.717, 1.165) is 32.5 Å². The van der Waals surface area contributed by atoms with Crippen LogP contribution < -0.4 is 4.74 Å². The minimum atomic E-state index is -0.403. The number of nitrogens with zero attached hydrogens (tertiary/aromatic N) is 2. The van der Waals surface area contributed by atoms with Gasteiger partial charge in [-0.2, -0.15) is 0 Å². The van der Waals surface area contributed by atoms with Gasteiger partial charge < -0.3 is 4.74 Å². The molecule has 6 heteroatoms. The Morgan fingerprint density at radius 3 is 2.22 bits per heavy atom. The first-order valence-corrected chi connectivity index (χ1v) is 7.77. The SMILES string of the molecule is COc1ccc(-c2nc(-c3ccc([N+](=O)[O-])cc3)sc2C)cc1. The molecular weight excluding hydrogens is 312 g/mol.